The van der Waals surface area contributed by atoms with Crippen molar-refractivity contribution in [1.82, 2.24) is 4.98 Å². The summed E-state index contributed by atoms with van der Waals surface area (Å²) in [7, 11) is 3.33. The monoisotopic (exact) mass is 259 g/mol. The third-order valence-electron chi connectivity index (χ3n) is 2.46. The van der Waals surface area contributed by atoms with Crippen LogP contribution >= 0.6 is 0 Å². The van der Waals surface area contributed by atoms with Gasteiger partial charge in [-0.2, -0.15) is 0 Å². The third-order valence-corrected chi connectivity index (χ3v) is 2.46. The molecule has 1 aromatic rings. The standard InChI is InChI=1S/C12H19F2N3O/c1-4-15-11-9(13)8-10(14)12(16-11)17(2)6-5-7-18-3/h8H,4-7H2,1-3H3,(H,15,16). The summed E-state index contributed by atoms with van der Waals surface area (Å²) in [5.41, 5.74) is 0. The van der Waals surface area contributed by atoms with E-state index in [4.69, 9.17) is 4.74 Å². The van der Waals surface area contributed by atoms with Crippen LogP contribution in [-0.4, -0.2) is 38.8 Å². The van der Waals surface area contributed by atoms with E-state index in [0.29, 0.717) is 19.7 Å². The van der Waals surface area contributed by atoms with Gasteiger partial charge in [0.15, 0.2) is 23.3 Å². The molecule has 0 saturated carbocycles. The van der Waals surface area contributed by atoms with Crippen molar-refractivity contribution in [2.45, 2.75) is 13.3 Å². The maximum Gasteiger partial charge on any atom is 0.168 e. The summed E-state index contributed by atoms with van der Waals surface area (Å²) in [5, 5.41) is 2.76. The number of halogens is 2. The van der Waals surface area contributed by atoms with Crippen LogP contribution in [0.5, 0.6) is 0 Å². The molecule has 18 heavy (non-hydrogen) atoms. The molecule has 1 rings (SSSR count). The van der Waals surface area contributed by atoms with Crippen molar-refractivity contribution in [3.63, 3.8) is 0 Å². The van der Waals surface area contributed by atoms with Gasteiger partial charge >= 0.3 is 0 Å². The van der Waals surface area contributed by atoms with Gasteiger partial charge in [-0.15, -0.1) is 0 Å². The number of aromatic nitrogens is 1. The Morgan fingerprint density at radius 1 is 1.39 bits per heavy atom. The molecule has 0 radical (unpaired) electrons. The molecule has 0 atom stereocenters. The van der Waals surface area contributed by atoms with Crippen LogP contribution in [0.1, 0.15) is 13.3 Å². The lowest BCUT2D eigenvalue weighted by Crippen LogP contribution is -2.23. The fourth-order valence-electron chi connectivity index (χ4n) is 1.57. The summed E-state index contributed by atoms with van der Waals surface area (Å²) in [4.78, 5) is 5.61. The Labute approximate surface area is 106 Å². The molecule has 0 amide bonds. The summed E-state index contributed by atoms with van der Waals surface area (Å²) in [6, 6.07) is 0.854. The average molecular weight is 259 g/mol. The number of pyridine rings is 1. The van der Waals surface area contributed by atoms with Crippen LogP contribution in [0.15, 0.2) is 6.07 Å². The molecule has 1 heterocycles. The lowest BCUT2D eigenvalue weighted by atomic mass is 10.3. The highest BCUT2D eigenvalue weighted by Gasteiger charge is 2.14. The summed E-state index contributed by atoms with van der Waals surface area (Å²) >= 11 is 0. The molecule has 1 aromatic heterocycles. The number of hydrogen-bond acceptors (Lipinski definition) is 4. The Morgan fingerprint density at radius 3 is 2.72 bits per heavy atom. The van der Waals surface area contributed by atoms with Gasteiger partial charge in [-0.1, -0.05) is 0 Å². The molecule has 0 aliphatic heterocycles. The van der Waals surface area contributed by atoms with E-state index in [1.807, 2.05) is 6.92 Å². The molecule has 0 aliphatic rings. The van der Waals surface area contributed by atoms with Crippen LogP contribution in [0.4, 0.5) is 20.4 Å². The molecule has 102 valence electrons. The van der Waals surface area contributed by atoms with Gasteiger partial charge in [-0.3, -0.25) is 0 Å². The molecular formula is C12H19F2N3O. The van der Waals surface area contributed by atoms with E-state index in [1.165, 1.54) is 0 Å². The minimum atomic E-state index is -0.677. The van der Waals surface area contributed by atoms with Crippen molar-refractivity contribution in [3.05, 3.63) is 17.7 Å². The average Bonchev–Trinajstić information content (AvgIpc) is 2.33. The van der Waals surface area contributed by atoms with Gasteiger partial charge in [0.05, 0.1) is 0 Å². The SMILES string of the molecule is CCNc1nc(N(C)CCCOC)c(F)cc1F. The molecule has 0 aliphatic carbocycles. The molecule has 0 aromatic carbocycles. The number of rotatable bonds is 7. The minimum absolute atomic E-state index is 0.0764. The predicted molar refractivity (Wildman–Crippen MR) is 68.1 cm³/mol. The minimum Gasteiger partial charge on any atom is -0.385 e. The highest BCUT2D eigenvalue weighted by Crippen LogP contribution is 2.21. The van der Waals surface area contributed by atoms with Crippen LogP contribution in [0, 0.1) is 11.6 Å². The van der Waals surface area contributed by atoms with E-state index in [9.17, 15) is 8.78 Å². The topological polar surface area (TPSA) is 37.4 Å². The second kappa shape index (κ2) is 7.10. The number of anilines is 2. The first-order valence-corrected chi connectivity index (χ1v) is 5.90. The molecular weight excluding hydrogens is 240 g/mol. The van der Waals surface area contributed by atoms with E-state index in [-0.39, 0.29) is 11.6 Å². The third kappa shape index (κ3) is 3.80. The number of nitrogens with one attached hydrogen (secondary N) is 1. The molecule has 6 heteroatoms. The molecule has 0 bridgehead atoms. The van der Waals surface area contributed by atoms with Crippen LogP contribution in [-0.2, 0) is 4.74 Å². The quantitative estimate of drug-likeness (QED) is 0.762. The normalized spacial score (nSPS) is 10.5. The highest BCUT2D eigenvalue weighted by atomic mass is 19.1. The number of nitrogens with zero attached hydrogens (tertiary/aromatic N) is 2. The zero-order valence-electron chi connectivity index (χ0n) is 11.0. The van der Waals surface area contributed by atoms with Gasteiger partial charge in [-0.25, -0.2) is 13.8 Å². The van der Waals surface area contributed by atoms with E-state index in [1.54, 1.807) is 19.1 Å². The summed E-state index contributed by atoms with van der Waals surface area (Å²) in [6.07, 6.45) is 0.752. The van der Waals surface area contributed by atoms with E-state index >= 15 is 0 Å². The van der Waals surface area contributed by atoms with Gasteiger partial charge in [0.2, 0.25) is 0 Å². The van der Waals surface area contributed by atoms with E-state index in [0.717, 1.165) is 12.5 Å². The Balaban J connectivity index is 2.83. The Hall–Kier alpha value is -1.43. The second-order valence-electron chi connectivity index (χ2n) is 3.92. The first kappa shape index (κ1) is 14.6. The second-order valence-corrected chi connectivity index (χ2v) is 3.92. The molecule has 0 unspecified atom stereocenters. The Bertz CT molecular complexity index is 388. The lowest BCUT2D eigenvalue weighted by molar-refractivity contribution is 0.196. The van der Waals surface area contributed by atoms with Gasteiger partial charge in [0.25, 0.3) is 0 Å². The molecule has 0 fully saturated rings. The molecule has 4 nitrogen and oxygen atoms in total. The van der Waals surface area contributed by atoms with Gasteiger partial charge < -0.3 is 15.0 Å². The summed E-state index contributed by atoms with van der Waals surface area (Å²) in [5.74, 6) is -1.12. The Kier molecular flexibility index (Phi) is 5.77. The number of ether oxygens (including phenoxy) is 1. The van der Waals surface area contributed by atoms with E-state index in [2.05, 4.69) is 10.3 Å². The molecule has 0 spiro atoms. The van der Waals surface area contributed by atoms with Crippen LogP contribution in [0.2, 0.25) is 0 Å². The lowest BCUT2D eigenvalue weighted by Gasteiger charge is -2.19. The van der Waals surface area contributed by atoms with Crippen molar-refractivity contribution in [2.75, 3.05) is 44.1 Å². The highest BCUT2D eigenvalue weighted by molar-refractivity contribution is 5.48. The molecule has 1 N–H and O–H groups in total. The van der Waals surface area contributed by atoms with Gasteiger partial charge in [0.1, 0.15) is 0 Å². The summed E-state index contributed by atoms with van der Waals surface area (Å²) in [6.45, 7) is 3.54. The van der Waals surface area contributed by atoms with Gasteiger partial charge in [0, 0.05) is 39.9 Å². The van der Waals surface area contributed by atoms with Crippen LogP contribution in [0.3, 0.4) is 0 Å². The van der Waals surface area contributed by atoms with Crippen molar-refractivity contribution < 1.29 is 13.5 Å². The first-order chi connectivity index (χ1) is 8.60. The zero-order valence-corrected chi connectivity index (χ0v) is 11.0. The maximum atomic E-state index is 13.6. The summed E-state index contributed by atoms with van der Waals surface area (Å²) < 4.78 is 31.9. The van der Waals surface area contributed by atoms with Crippen molar-refractivity contribution in [1.29, 1.82) is 0 Å². The molecule has 0 saturated heterocycles. The maximum absolute atomic E-state index is 13.6. The zero-order chi connectivity index (χ0) is 13.5. The Morgan fingerprint density at radius 2 is 2.11 bits per heavy atom. The van der Waals surface area contributed by atoms with Crippen molar-refractivity contribution >= 4 is 11.6 Å². The van der Waals surface area contributed by atoms with Crippen LogP contribution in [0.25, 0.3) is 0 Å². The predicted octanol–water partition coefficient (Wildman–Crippen LogP) is 2.26. The fraction of sp³-hybridized carbons (Fsp3) is 0.583. The first-order valence-electron chi connectivity index (χ1n) is 5.90. The van der Waals surface area contributed by atoms with E-state index < -0.39 is 11.6 Å². The van der Waals surface area contributed by atoms with Gasteiger partial charge in [-0.05, 0) is 13.3 Å². The van der Waals surface area contributed by atoms with Crippen LogP contribution < -0.4 is 10.2 Å². The van der Waals surface area contributed by atoms with Crippen molar-refractivity contribution in [3.8, 4) is 0 Å². The fourth-order valence-corrected chi connectivity index (χ4v) is 1.57. The smallest absolute Gasteiger partial charge is 0.168 e. The number of methoxy groups -OCH3 is 1. The number of hydrogen-bond donors (Lipinski definition) is 1. The van der Waals surface area contributed by atoms with Crippen molar-refractivity contribution in [2.24, 2.45) is 0 Å². The largest absolute Gasteiger partial charge is 0.385 e.